The normalized spacial score (nSPS) is 19.1. The van der Waals surface area contributed by atoms with Crippen molar-refractivity contribution in [1.82, 2.24) is 15.5 Å². The maximum Gasteiger partial charge on any atom is 0.522 e. The van der Waals surface area contributed by atoms with E-state index >= 15 is 0 Å². The predicted molar refractivity (Wildman–Crippen MR) is 102 cm³/mol. The fourth-order valence-electron chi connectivity index (χ4n) is 3.16. The first kappa shape index (κ1) is 23.1. The van der Waals surface area contributed by atoms with E-state index < -0.39 is 13.0 Å². The van der Waals surface area contributed by atoms with Crippen LogP contribution < -0.4 is 14.8 Å². The van der Waals surface area contributed by atoms with E-state index in [0.717, 1.165) is 12.8 Å². The van der Waals surface area contributed by atoms with Crippen LogP contribution in [0, 0.1) is 0 Å². The molecule has 31 heavy (non-hydrogen) atoms. The maximum absolute atomic E-state index is 12.1. The SMILES string of the molecule is O=C(COc1ccc(Cl)cc1)N[C@H]1CC[C@H](c2nnc(OCCOC(F)(F)F)o2)CC1. The third-order valence-corrected chi connectivity index (χ3v) is 4.87. The largest absolute Gasteiger partial charge is 0.522 e. The number of benzene rings is 1. The second-order valence-electron chi connectivity index (χ2n) is 6.91. The molecule has 1 fully saturated rings. The molecule has 3 rings (SSSR count). The number of halogens is 4. The minimum Gasteiger partial charge on any atom is -0.484 e. The highest BCUT2D eigenvalue weighted by atomic mass is 35.5. The van der Waals surface area contributed by atoms with Crippen molar-refractivity contribution in [2.45, 2.75) is 44.0 Å². The van der Waals surface area contributed by atoms with Gasteiger partial charge in [-0.1, -0.05) is 16.7 Å². The van der Waals surface area contributed by atoms with Crippen molar-refractivity contribution in [2.75, 3.05) is 19.8 Å². The van der Waals surface area contributed by atoms with Crippen molar-refractivity contribution < 1.29 is 36.6 Å². The van der Waals surface area contributed by atoms with Gasteiger partial charge in [0.05, 0.1) is 6.61 Å². The van der Waals surface area contributed by atoms with E-state index in [1.807, 2.05) is 0 Å². The lowest BCUT2D eigenvalue weighted by Gasteiger charge is -2.27. The molecule has 1 aliphatic carbocycles. The number of hydrogen-bond acceptors (Lipinski definition) is 7. The zero-order valence-corrected chi connectivity index (χ0v) is 17.1. The standard InChI is InChI=1S/C19H21ClF3N3O5/c20-13-3-7-15(8-4-13)29-11-16(27)24-14-5-1-12(2-6-14)17-25-26-18(31-17)28-9-10-30-19(21,22)23/h3-4,7-8,12,14H,1-2,5-6,9-11H2,(H,24,27)/t12-,14-. The average Bonchev–Trinajstić information content (AvgIpc) is 3.20. The molecular formula is C19H21ClF3N3O5. The van der Waals surface area contributed by atoms with Crippen LogP contribution in [0.5, 0.6) is 11.8 Å². The summed E-state index contributed by atoms with van der Waals surface area (Å²) in [5, 5.41) is 11.1. The van der Waals surface area contributed by atoms with E-state index in [1.54, 1.807) is 24.3 Å². The second-order valence-corrected chi connectivity index (χ2v) is 7.34. The van der Waals surface area contributed by atoms with E-state index in [1.165, 1.54) is 0 Å². The molecule has 0 bridgehead atoms. The number of nitrogens with zero attached hydrogens (tertiary/aromatic N) is 2. The lowest BCUT2D eigenvalue weighted by Crippen LogP contribution is -2.39. The molecule has 170 valence electrons. The Morgan fingerprint density at radius 3 is 2.48 bits per heavy atom. The van der Waals surface area contributed by atoms with Crippen LogP contribution in [0.4, 0.5) is 13.2 Å². The number of ether oxygens (including phenoxy) is 3. The van der Waals surface area contributed by atoms with E-state index in [9.17, 15) is 18.0 Å². The van der Waals surface area contributed by atoms with Crippen LogP contribution in [-0.2, 0) is 9.53 Å². The monoisotopic (exact) mass is 463 g/mol. The van der Waals surface area contributed by atoms with E-state index in [4.69, 9.17) is 25.5 Å². The number of nitrogens with one attached hydrogen (secondary N) is 1. The fourth-order valence-corrected chi connectivity index (χ4v) is 3.29. The minimum atomic E-state index is -4.71. The second kappa shape index (κ2) is 10.7. The number of carbonyl (C=O) groups is 1. The summed E-state index contributed by atoms with van der Waals surface area (Å²) in [5.74, 6) is 0.702. The van der Waals surface area contributed by atoms with Gasteiger partial charge in [0.1, 0.15) is 12.4 Å². The van der Waals surface area contributed by atoms with Crippen LogP contribution in [0.2, 0.25) is 5.02 Å². The maximum atomic E-state index is 12.1. The van der Waals surface area contributed by atoms with Gasteiger partial charge in [-0.15, -0.1) is 18.3 Å². The lowest BCUT2D eigenvalue weighted by molar-refractivity contribution is -0.325. The molecule has 1 saturated carbocycles. The van der Waals surface area contributed by atoms with Gasteiger partial charge in [-0.2, -0.15) is 0 Å². The van der Waals surface area contributed by atoms with Crippen molar-refractivity contribution in [3.8, 4) is 11.8 Å². The van der Waals surface area contributed by atoms with Crippen LogP contribution in [-0.4, -0.2) is 48.3 Å². The summed E-state index contributed by atoms with van der Waals surface area (Å²) in [7, 11) is 0. The van der Waals surface area contributed by atoms with Gasteiger partial charge < -0.3 is 19.2 Å². The van der Waals surface area contributed by atoms with Gasteiger partial charge in [0.25, 0.3) is 5.91 Å². The molecule has 1 amide bonds. The molecule has 12 heteroatoms. The van der Waals surface area contributed by atoms with Gasteiger partial charge in [0, 0.05) is 17.0 Å². The predicted octanol–water partition coefficient (Wildman–Crippen LogP) is 3.86. The average molecular weight is 464 g/mol. The highest BCUT2D eigenvalue weighted by Crippen LogP contribution is 2.33. The van der Waals surface area contributed by atoms with Gasteiger partial charge in [-0.25, -0.2) is 0 Å². The number of amides is 1. The third kappa shape index (κ3) is 7.91. The van der Waals surface area contributed by atoms with Gasteiger partial charge >= 0.3 is 12.4 Å². The van der Waals surface area contributed by atoms with Crippen molar-refractivity contribution in [2.24, 2.45) is 0 Å². The molecule has 8 nitrogen and oxygen atoms in total. The molecule has 0 spiro atoms. The van der Waals surface area contributed by atoms with Crippen LogP contribution >= 0.6 is 11.6 Å². The summed E-state index contributed by atoms with van der Waals surface area (Å²) in [4.78, 5) is 12.1. The molecular weight excluding hydrogens is 443 g/mol. The number of aromatic nitrogens is 2. The Hall–Kier alpha value is -2.53. The fraction of sp³-hybridized carbons (Fsp3) is 0.526. The van der Waals surface area contributed by atoms with E-state index in [2.05, 4.69) is 20.3 Å². The first-order valence-electron chi connectivity index (χ1n) is 9.63. The highest BCUT2D eigenvalue weighted by Gasteiger charge is 2.29. The molecule has 1 aromatic heterocycles. The first-order chi connectivity index (χ1) is 14.8. The van der Waals surface area contributed by atoms with Gasteiger partial charge in [-0.3, -0.25) is 9.53 Å². The zero-order chi connectivity index (χ0) is 22.3. The number of hydrogen-bond donors (Lipinski definition) is 1. The van der Waals surface area contributed by atoms with Crippen LogP contribution in [0.3, 0.4) is 0 Å². The molecule has 0 atom stereocenters. The van der Waals surface area contributed by atoms with E-state index in [-0.39, 0.29) is 37.2 Å². The Kier molecular flexibility index (Phi) is 7.97. The quantitative estimate of drug-likeness (QED) is 0.564. The third-order valence-electron chi connectivity index (χ3n) is 4.62. The van der Waals surface area contributed by atoms with Crippen molar-refractivity contribution in [3.63, 3.8) is 0 Å². The molecule has 0 unspecified atom stereocenters. The molecule has 0 saturated heterocycles. The minimum absolute atomic E-state index is 0.00487. The van der Waals surface area contributed by atoms with Crippen LogP contribution in [0.15, 0.2) is 28.7 Å². The van der Waals surface area contributed by atoms with Crippen molar-refractivity contribution in [1.29, 1.82) is 0 Å². The molecule has 1 N–H and O–H groups in total. The lowest BCUT2D eigenvalue weighted by atomic mass is 9.86. The summed E-state index contributed by atoms with van der Waals surface area (Å²) in [6.45, 7) is -1.13. The topological polar surface area (TPSA) is 95.7 Å². The van der Waals surface area contributed by atoms with Crippen LogP contribution in [0.25, 0.3) is 0 Å². The van der Waals surface area contributed by atoms with Crippen molar-refractivity contribution in [3.05, 3.63) is 35.2 Å². The number of carbonyl (C=O) groups excluding carboxylic acids is 1. The smallest absolute Gasteiger partial charge is 0.484 e. The molecule has 1 aliphatic rings. The highest BCUT2D eigenvalue weighted by molar-refractivity contribution is 6.30. The van der Waals surface area contributed by atoms with Gasteiger partial charge in [0.2, 0.25) is 5.89 Å². The molecule has 2 aromatic rings. The Labute approximate surface area is 181 Å². The summed E-state index contributed by atoms with van der Waals surface area (Å²) in [6, 6.07) is 6.75. The Morgan fingerprint density at radius 1 is 1.10 bits per heavy atom. The molecule has 1 heterocycles. The summed E-state index contributed by atoms with van der Waals surface area (Å²) < 4.78 is 55.1. The summed E-state index contributed by atoms with van der Waals surface area (Å²) in [5.41, 5.74) is 0. The van der Waals surface area contributed by atoms with Crippen molar-refractivity contribution >= 4 is 17.5 Å². The number of alkyl halides is 3. The molecule has 0 aliphatic heterocycles. The van der Waals surface area contributed by atoms with Gasteiger partial charge in [-0.05, 0) is 49.9 Å². The molecule has 1 aromatic carbocycles. The van der Waals surface area contributed by atoms with E-state index in [0.29, 0.717) is 29.5 Å². The van der Waals surface area contributed by atoms with Gasteiger partial charge in [0.15, 0.2) is 6.61 Å². The zero-order valence-electron chi connectivity index (χ0n) is 16.4. The Morgan fingerprint density at radius 2 is 1.81 bits per heavy atom. The Balaban J connectivity index is 1.35. The summed E-state index contributed by atoms with van der Waals surface area (Å²) in [6.07, 6.45) is -2.05. The van der Waals surface area contributed by atoms with Crippen LogP contribution in [0.1, 0.15) is 37.5 Å². The summed E-state index contributed by atoms with van der Waals surface area (Å²) >= 11 is 5.80. The Bertz CT molecular complexity index is 839. The first-order valence-corrected chi connectivity index (χ1v) is 10.0. The number of rotatable bonds is 9. The molecule has 0 radical (unpaired) electrons.